The minimum Gasteiger partial charge on any atom is -0.458 e. The van der Waals surface area contributed by atoms with Crippen LogP contribution in [-0.2, 0) is 19.1 Å². The number of aliphatic hydroxyl groups excluding tert-OH is 1. The molecule has 2 N–H and O–H groups in total. The van der Waals surface area contributed by atoms with Crippen molar-refractivity contribution in [1.29, 1.82) is 0 Å². The molecule has 6 heteroatoms. The van der Waals surface area contributed by atoms with Crippen molar-refractivity contribution in [1.82, 2.24) is 0 Å². The lowest BCUT2D eigenvalue weighted by Crippen LogP contribution is -2.40. The third kappa shape index (κ3) is 4.31. The van der Waals surface area contributed by atoms with Crippen LogP contribution in [0.2, 0.25) is 0 Å². The van der Waals surface area contributed by atoms with Crippen LogP contribution in [0.5, 0.6) is 0 Å². The van der Waals surface area contributed by atoms with Crippen LogP contribution in [0, 0.1) is 5.92 Å². The second kappa shape index (κ2) is 7.60. The number of ether oxygens (including phenoxy) is 2. The molecule has 6 nitrogen and oxygen atoms in total. The summed E-state index contributed by atoms with van der Waals surface area (Å²) in [5.74, 6) is -1.74. The SMILES string of the molecule is C=C1C(=O)O[C@@H]2/C=C(\C)[C@@H](O)/C=C\[C@](C)(O)C[C@@H](OC(=O)/C(C)=C\C)[C@@H]12. The molecule has 5 atom stereocenters. The summed E-state index contributed by atoms with van der Waals surface area (Å²) in [5, 5.41) is 20.9. The Bertz CT molecular complexity index is 697. The van der Waals surface area contributed by atoms with Crippen LogP contribution in [0.3, 0.4) is 0 Å². The Hall–Kier alpha value is -2.18. The minimum atomic E-state index is -1.36. The maximum Gasteiger partial charge on any atom is 0.334 e. The fourth-order valence-electron chi connectivity index (χ4n) is 3.05. The number of hydrogen-bond acceptors (Lipinski definition) is 6. The van der Waals surface area contributed by atoms with Crippen LogP contribution in [0.1, 0.15) is 34.1 Å². The molecule has 2 rings (SSSR count). The summed E-state index contributed by atoms with van der Waals surface area (Å²) >= 11 is 0. The van der Waals surface area contributed by atoms with Gasteiger partial charge in [-0.25, -0.2) is 9.59 Å². The van der Waals surface area contributed by atoms with Gasteiger partial charge in [-0.05, 0) is 39.3 Å². The highest BCUT2D eigenvalue weighted by Crippen LogP contribution is 2.37. The van der Waals surface area contributed by atoms with E-state index >= 15 is 0 Å². The van der Waals surface area contributed by atoms with E-state index in [-0.39, 0.29) is 12.0 Å². The molecular weight excluding hydrogens is 336 g/mol. The number of hydrogen-bond donors (Lipinski definition) is 2. The highest BCUT2D eigenvalue weighted by molar-refractivity contribution is 5.92. The predicted octanol–water partition coefficient (Wildman–Crippen LogP) is 1.98. The Labute approximate surface area is 153 Å². The lowest BCUT2D eigenvalue weighted by Gasteiger charge is -2.32. The van der Waals surface area contributed by atoms with Crippen molar-refractivity contribution in [2.75, 3.05) is 0 Å². The van der Waals surface area contributed by atoms with Gasteiger partial charge >= 0.3 is 11.9 Å². The lowest BCUT2D eigenvalue weighted by atomic mass is 9.82. The second-order valence-electron chi connectivity index (χ2n) is 7.11. The van der Waals surface area contributed by atoms with Gasteiger partial charge in [0.25, 0.3) is 0 Å². The molecule has 0 unspecified atom stereocenters. The van der Waals surface area contributed by atoms with Crippen LogP contribution in [0.4, 0.5) is 0 Å². The van der Waals surface area contributed by atoms with Gasteiger partial charge in [0.15, 0.2) is 0 Å². The summed E-state index contributed by atoms with van der Waals surface area (Å²) in [6, 6.07) is 0. The van der Waals surface area contributed by atoms with E-state index in [9.17, 15) is 19.8 Å². The van der Waals surface area contributed by atoms with Crippen LogP contribution in [0.15, 0.2) is 47.6 Å². The standard InChI is InChI=1S/C20H26O6/c1-6-11(2)18(22)26-16-10-20(5,24)8-7-14(21)12(3)9-15-17(16)13(4)19(23)25-15/h6-9,14-17,21,24H,4,10H2,1-3,5H3/b8-7-,11-6-,12-9+/t14-,15+,16+,17-,20-/m0/s1. The highest BCUT2D eigenvalue weighted by Gasteiger charge is 2.46. The largest absolute Gasteiger partial charge is 0.458 e. The molecule has 1 saturated heterocycles. The first-order chi connectivity index (χ1) is 12.1. The number of esters is 2. The van der Waals surface area contributed by atoms with Gasteiger partial charge in [0, 0.05) is 17.6 Å². The monoisotopic (exact) mass is 362 g/mol. The first kappa shape index (κ1) is 20.1. The third-order valence-electron chi connectivity index (χ3n) is 4.82. The summed E-state index contributed by atoms with van der Waals surface area (Å²) in [6.45, 7) is 10.4. The maximum absolute atomic E-state index is 12.3. The fourth-order valence-corrected chi connectivity index (χ4v) is 3.05. The summed E-state index contributed by atoms with van der Waals surface area (Å²) in [4.78, 5) is 24.4. The Kier molecular flexibility index (Phi) is 5.88. The summed E-state index contributed by atoms with van der Waals surface area (Å²) in [7, 11) is 0. The van der Waals surface area contributed by atoms with Gasteiger partial charge in [-0.3, -0.25) is 0 Å². The quantitative estimate of drug-likeness (QED) is 0.443. The molecule has 1 aliphatic heterocycles. The van der Waals surface area contributed by atoms with Crippen molar-refractivity contribution in [3.63, 3.8) is 0 Å². The molecule has 0 bridgehead atoms. The van der Waals surface area contributed by atoms with Gasteiger partial charge in [0.1, 0.15) is 12.2 Å². The number of aliphatic hydroxyl groups is 2. The van der Waals surface area contributed by atoms with Crippen LogP contribution >= 0.6 is 0 Å². The number of carbonyl (C=O) groups is 2. The first-order valence-corrected chi connectivity index (χ1v) is 8.57. The number of fused-ring (bicyclic) bond motifs is 1. The topological polar surface area (TPSA) is 93.1 Å². The van der Waals surface area contributed by atoms with Crippen molar-refractivity contribution in [2.24, 2.45) is 5.92 Å². The van der Waals surface area contributed by atoms with Crippen molar-refractivity contribution >= 4 is 11.9 Å². The minimum absolute atomic E-state index is 0.0304. The smallest absolute Gasteiger partial charge is 0.334 e. The maximum atomic E-state index is 12.3. The van der Waals surface area contributed by atoms with Crippen LogP contribution in [-0.4, -0.2) is 46.1 Å². The molecule has 0 aromatic rings. The summed E-state index contributed by atoms with van der Waals surface area (Å²) < 4.78 is 11.0. The zero-order chi connectivity index (χ0) is 19.6. The molecule has 0 amide bonds. The first-order valence-electron chi connectivity index (χ1n) is 8.57. The molecule has 0 radical (unpaired) electrons. The number of allylic oxidation sites excluding steroid dienone is 1. The second-order valence-corrected chi connectivity index (χ2v) is 7.11. The van der Waals surface area contributed by atoms with Gasteiger partial charge < -0.3 is 19.7 Å². The molecule has 1 heterocycles. The Morgan fingerprint density at radius 3 is 2.77 bits per heavy atom. The van der Waals surface area contributed by atoms with E-state index in [2.05, 4.69) is 6.58 Å². The van der Waals surface area contributed by atoms with Gasteiger partial charge in [0.2, 0.25) is 0 Å². The zero-order valence-corrected chi connectivity index (χ0v) is 15.6. The average molecular weight is 362 g/mol. The highest BCUT2D eigenvalue weighted by atomic mass is 16.6. The fraction of sp³-hybridized carbons (Fsp3) is 0.500. The molecule has 142 valence electrons. The van der Waals surface area contributed by atoms with Crippen molar-refractivity contribution < 1.29 is 29.3 Å². The lowest BCUT2D eigenvalue weighted by molar-refractivity contribution is -0.150. The van der Waals surface area contributed by atoms with Crippen LogP contribution < -0.4 is 0 Å². The number of rotatable bonds is 2. The Morgan fingerprint density at radius 2 is 2.15 bits per heavy atom. The molecular formula is C20H26O6. The Morgan fingerprint density at radius 1 is 1.50 bits per heavy atom. The van der Waals surface area contributed by atoms with E-state index < -0.39 is 41.8 Å². The third-order valence-corrected chi connectivity index (χ3v) is 4.82. The Balaban J connectivity index is 2.48. The van der Waals surface area contributed by atoms with E-state index in [1.54, 1.807) is 39.8 Å². The molecule has 0 aromatic carbocycles. The van der Waals surface area contributed by atoms with Crippen molar-refractivity contribution in [2.45, 2.75) is 58.0 Å². The van der Waals surface area contributed by atoms with Crippen LogP contribution in [0.25, 0.3) is 0 Å². The average Bonchev–Trinajstić information content (AvgIpc) is 2.84. The number of carbonyl (C=O) groups excluding carboxylic acids is 2. The molecule has 1 fully saturated rings. The van der Waals surface area contributed by atoms with Gasteiger partial charge in [-0.15, -0.1) is 0 Å². The van der Waals surface area contributed by atoms with Gasteiger partial charge in [-0.2, -0.15) is 0 Å². The normalized spacial score (nSPS) is 38.7. The van der Waals surface area contributed by atoms with Gasteiger partial charge in [0.05, 0.1) is 17.6 Å². The van der Waals surface area contributed by atoms with E-state index in [1.807, 2.05) is 0 Å². The van der Waals surface area contributed by atoms with E-state index in [0.29, 0.717) is 11.1 Å². The van der Waals surface area contributed by atoms with Crippen molar-refractivity contribution in [3.05, 3.63) is 47.6 Å². The van der Waals surface area contributed by atoms with E-state index in [1.165, 1.54) is 12.2 Å². The molecule has 0 aromatic heterocycles. The van der Waals surface area contributed by atoms with E-state index in [4.69, 9.17) is 9.47 Å². The molecule has 26 heavy (non-hydrogen) atoms. The van der Waals surface area contributed by atoms with Gasteiger partial charge in [-0.1, -0.05) is 24.8 Å². The summed E-state index contributed by atoms with van der Waals surface area (Å²) in [5.41, 5.74) is -0.188. The predicted molar refractivity (Wildman–Crippen MR) is 96.0 cm³/mol. The molecule has 0 saturated carbocycles. The molecule has 2 aliphatic rings. The zero-order valence-electron chi connectivity index (χ0n) is 15.6. The van der Waals surface area contributed by atoms with E-state index in [0.717, 1.165) is 0 Å². The molecule has 0 spiro atoms. The van der Waals surface area contributed by atoms with Crippen molar-refractivity contribution in [3.8, 4) is 0 Å². The summed E-state index contributed by atoms with van der Waals surface area (Å²) in [6.07, 6.45) is 3.77. The molecule has 1 aliphatic carbocycles.